The zero-order valence-corrected chi connectivity index (χ0v) is 10.3. The molecule has 1 saturated carbocycles. The molecule has 0 aromatic heterocycles. The first-order valence-electron chi connectivity index (χ1n) is 5.13. The van der Waals surface area contributed by atoms with E-state index in [0.717, 1.165) is 11.3 Å². The van der Waals surface area contributed by atoms with Crippen molar-refractivity contribution < 1.29 is 0 Å². The van der Waals surface area contributed by atoms with Crippen LogP contribution in [0.1, 0.15) is 25.7 Å². The van der Waals surface area contributed by atoms with Crippen LogP contribution in [0.4, 0.5) is 0 Å². The zero-order valence-electron chi connectivity index (χ0n) is 8.71. The van der Waals surface area contributed by atoms with Crippen LogP contribution in [0.2, 0.25) is 0 Å². The minimum atomic E-state index is 0.803. The van der Waals surface area contributed by atoms with Crippen LogP contribution in [-0.2, 0) is 0 Å². The Morgan fingerprint density at radius 1 is 1.31 bits per heavy atom. The van der Waals surface area contributed by atoms with Gasteiger partial charge in [-0.1, -0.05) is 6.42 Å². The molecule has 0 aromatic rings. The third kappa shape index (κ3) is 4.13. The fourth-order valence-corrected chi connectivity index (χ4v) is 3.34. The molecule has 13 heavy (non-hydrogen) atoms. The first-order valence-corrected chi connectivity index (χ1v) is 7.81. The van der Waals surface area contributed by atoms with Crippen molar-refractivity contribution >= 4 is 23.5 Å². The highest BCUT2D eigenvalue weighted by Crippen LogP contribution is 2.28. The maximum Gasteiger partial charge on any atom is 0.0198 e. The number of hydrogen-bond donors (Lipinski definition) is 1. The van der Waals surface area contributed by atoms with Crippen LogP contribution in [0.15, 0.2) is 0 Å². The molecule has 2 atom stereocenters. The lowest BCUT2D eigenvalue weighted by Crippen LogP contribution is -2.34. The van der Waals surface area contributed by atoms with E-state index in [1.54, 1.807) is 0 Å². The summed E-state index contributed by atoms with van der Waals surface area (Å²) < 4.78 is 0. The molecular weight excluding hydrogens is 198 g/mol. The highest BCUT2D eigenvalue weighted by Gasteiger charge is 2.25. The molecule has 2 unspecified atom stereocenters. The molecule has 1 aliphatic carbocycles. The van der Waals surface area contributed by atoms with Gasteiger partial charge in [0.2, 0.25) is 0 Å². The molecule has 78 valence electrons. The minimum Gasteiger partial charge on any atom is -0.313 e. The predicted molar refractivity (Wildman–Crippen MR) is 65.9 cm³/mol. The van der Waals surface area contributed by atoms with Gasteiger partial charge in [-0.3, -0.25) is 0 Å². The highest BCUT2D eigenvalue weighted by atomic mass is 32.2. The summed E-state index contributed by atoms with van der Waals surface area (Å²) in [7, 11) is 0. The van der Waals surface area contributed by atoms with Crippen molar-refractivity contribution in [3.05, 3.63) is 0 Å². The van der Waals surface area contributed by atoms with Gasteiger partial charge in [-0.25, -0.2) is 0 Å². The number of thioether (sulfide) groups is 2. The second-order valence-corrected chi connectivity index (χ2v) is 5.67. The number of rotatable bonds is 6. The van der Waals surface area contributed by atoms with Crippen LogP contribution in [0.3, 0.4) is 0 Å². The van der Waals surface area contributed by atoms with Gasteiger partial charge in [0, 0.05) is 11.3 Å². The van der Waals surface area contributed by atoms with Gasteiger partial charge in [0.25, 0.3) is 0 Å². The van der Waals surface area contributed by atoms with Crippen molar-refractivity contribution in [1.82, 2.24) is 5.32 Å². The van der Waals surface area contributed by atoms with Gasteiger partial charge in [0.1, 0.15) is 0 Å². The first-order chi connectivity index (χ1) is 6.38. The Bertz CT molecular complexity index is 130. The van der Waals surface area contributed by atoms with E-state index in [0.29, 0.717) is 0 Å². The standard InChI is InChI=1S/C10H21NS2/c1-12-8-4-7-11-9-5-3-6-10(9)13-2/h9-11H,3-8H2,1-2H3. The lowest BCUT2D eigenvalue weighted by Gasteiger charge is -2.18. The lowest BCUT2D eigenvalue weighted by molar-refractivity contribution is 0.532. The fourth-order valence-electron chi connectivity index (χ4n) is 1.95. The van der Waals surface area contributed by atoms with Gasteiger partial charge >= 0.3 is 0 Å². The second kappa shape index (κ2) is 7.02. The van der Waals surface area contributed by atoms with Crippen molar-refractivity contribution in [2.75, 3.05) is 24.8 Å². The average Bonchev–Trinajstić information content (AvgIpc) is 2.60. The molecule has 1 aliphatic rings. The maximum atomic E-state index is 3.68. The van der Waals surface area contributed by atoms with E-state index < -0.39 is 0 Å². The summed E-state index contributed by atoms with van der Waals surface area (Å²) >= 11 is 3.98. The minimum absolute atomic E-state index is 0.803. The number of hydrogen-bond acceptors (Lipinski definition) is 3. The first kappa shape index (κ1) is 11.7. The average molecular weight is 219 g/mol. The van der Waals surface area contributed by atoms with Crippen molar-refractivity contribution in [2.45, 2.75) is 37.0 Å². The van der Waals surface area contributed by atoms with E-state index in [1.165, 1.54) is 38.0 Å². The van der Waals surface area contributed by atoms with E-state index in [4.69, 9.17) is 0 Å². The Hall–Kier alpha value is 0.660. The van der Waals surface area contributed by atoms with Crippen LogP contribution in [-0.4, -0.2) is 36.1 Å². The van der Waals surface area contributed by atoms with E-state index in [2.05, 4.69) is 17.8 Å². The van der Waals surface area contributed by atoms with Gasteiger partial charge in [0.05, 0.1) is 0 Å². The summed E-state index contributed by atoms with van der Waals surface area (Å²) in [5.41, 5.74) is 0. The molecule has 0 radical (unpaired) electrons. The SMILES string of the molecule is CSCCCNC1CCCC1SC. The topological polar surface area (TPSA) is 12.0 Å². The maximum absolute atomic E-state index is 3.68. The number of nitrogens with one attached hydrogen (secondary N) is 1. The summed E-state index contributed by atoms with van der Waals surface area (Å²) in [4.78, 5) is 0. The zero-order chi connectivity index (χ0) is 9.52. The molecule has 1 rings (SSSR count). The summed E-state index contributed by atoms with van der Waals surface area (Å²) in [6.07, 6.45) is 9.98. The van der Waals surface area contributed by atoms with Gasteiger partial charge in [-0.15, -0.1) is 0 Å². The van der Waals surface area contributed by atoms with Crippen molar-refractivity contribution in [2.24, 2.45) is 0 Å². The molecule has 0 bridgehead atoms. The van der Waals surface area contributed by atoms with Crippen LogP contribution in [0.25, 0.3) is 0 Å². The molecule has 0 saturated heterocycles. The van der Waals surface area contributed by atoms with Crippen molar-refractivity contribution in [3.63, 3.8) is 0 Å². The van der Waals surface area contributed by atoms with Crippen LogP contribution < -0.4 is 5.32 Å². The quantitative estimate of drug-likeness (QED) is 0.690. The Morgan fingerprint density at radius 2 is 2.15 bits per heavy atom. The third-order valence-electron chi connectivity index (χ3n) is 2.69. The van der Waals surface area contributed by atoms with Crippen LogP contribution in [0, 0.1) is 0 Å². The normalized spacial score (nSPS) is 28.2. The fraction of sp³-hybridized carbons (Fsp3) is 1.00. The van der Waals surface area contributed by atoms with E-state index in [-0.39, 0.29) is 0 Å². The molecular formula is C10H21NS2. The predicted octanol–water partition coefficient (Wildman–Crippen LogP) is 2.61. The van der Waals surface area contributed by atoms with Crippen molar-refractivity contribution in [3.8, 4) is 0 Å². The Morgan fingerprint density at radius 3 is 2.85 bits per heavy atom. The lowest BCUT2D eigenvalue weighted by atomic mass is 10.2. The van der Waals surface area contributed by atoms with Crippen LogP contribution >= 0.6 is 23.5 Å². The van der Waals surface area contributed by atoms with Gasteiger partial charge < -0.3 is 5.32 Å². The van der Waals surface area contributed by atoms with E-state index >= 15 is 0 Å². The summed E-state index contributed by atoms with van der Waals surface area (Å²) in [6, 6.07) is 0.803. The van der Waals surface area contributed by atoms with Gasteiger partial charge in [-0.2, -0.15) is 23.5 Å². The molecule has 0 heterocycles. The molecule has 1 nitrogen and oxygen atoms in total. The Labute approximate surface area is 90.8 Å². The van der Waals surface area contributed by atoms with Gasteiger partial charge in [-0.05, 0) is 44.1 Å². The summed E-state index contributed by atoms with van der Waals surface area (Å²) in [5, 5.41) is 4.57. The molecule has 0 spiro atoms. The molecule has 0 aromatic carbocycles. The molecule has 1 fully saturated rings. The Balaban J connectivity index is 2.06. The summed E-state index contributed by atoms with van der Waals surface area (Å²) in [5.74, 6) is 1.30. The molecule has 3 heteroatoms. The smallest absolute Gasteiger partial charge is 0.0198 e. The monoisotopic (exact) mass is 219 g/mol. The van der Waals surface area contributed by atoms with Gasteiger partial charge in [0.15, 0.2) is 0 Å². The molecule has 0 amide bonds. The highest BCUT2D eigenvalue weighted by molar-refractivity contribution is 7.99. The molecule has 1 N–H and O–H groups in total. The third-order valence-corrected chi connectivity index (χ3v) is 4.55. The van der Waals surface area contributed by atoms with E-state index in [9.17, 15) is 0 Å². The summed E-state index contributed by atoms with van der Waals surface area (Å²) in [6.45, 7) is 1.21. The molecule has 0 aliphatic heterocycles. The van der Waals surface area contributed by atoms with Crippen LogP contribution in [0.5, 0.6) is 0 Å². The largest absolute Gasteiger partial charge is 0.313 e. The second-order valence-electron chi connectivity index (χ2n) is 3.61. The van der Waals surface area contributed by atoms with Crippen molar-refractivity contribution in [1.29, 1.82) is 0 Å². The Kier molecular flexibility index (Phi) is 6.33. The van der Waals surface area contributed by atoms with E-state index in [1.807, 2.05) is 23.5 Å².